The zero-order valence-corrected chi connectivity index (χ0v) is 13.4. The molecule has 21 heavy (non-hydrogen) atoms. The van der Waals surface area contributed by atoms with Crippen LogP contribution in [0.5, 0.6) is 0 Å². The third-order valence-corrected chi connectivity index (χ3v) is 3.89. The number of pyridine rings is 1. The second-order valence-corrected chi connectivity index (χ2v) is 5.74. The second kappa shape index (κ2) is 7.17. The minimum Gasteiger partial charge on any atom is -0.370 e. The molecule has 0 spiro atoms. The van der Waals surface area contributed by atoms with Gasteiger partial charge in [0.15, 0.2) is 0 Å². The van der Waals surface area contributed by atoms with E-state index in [2.05, 4.69) is 20.6 Å². The van der Waals surface area contributed by atoms with Crippen LogP contribution in [0.2, 0.25) is 0 Å². The van der Waals surface area contributed by atoms with Crippen molar-refractivity contribution in [2.75, 3.05) is 18.4 Å². The minimum absolute atomic E-state index is 0.0760. The molecule has 5 nitrogen and oxygen atoms in total. The first-order valence-electron chi connectivity index (χ1n) is 7.00. The zero-order valence-electron chi connectivity index (χ0n) is 12.6. The third-order valence-electron chi connectivity index (χ3n) is 2.86. The van der Waals surface area contributed by atoms with Crippen LogP contribution in [-0.4, -0.2) is 29.0 Å². The molecule has 2 aromatic rings. The van der Waals surface area contributed by atoms with Crippen molar-refractivity contribution in [1.82, 2.24) is 15.3 Å². The summed E-state index contributed by atoms with van der Waals surface area (Å²) in [5.41, 5.74) is 2.49. The average Bonchev–Trinajstić information content (AvgIpc) is 2.84. The van der Waals surface area contributed by atoms with Crippen LogP contribution in [0, 0.1) is 13.8 Å². The molecule has 0 saturated carbocycles. The van der Waals surface area contributed by atoms with Gasteiger partial charge in [0.05, 0.1) is 5.01 Å². The van der Waals surface area contributed by atoms with Crippen LogP contribution < -0.4 is 10.6 Å². The third kappa shape index (κ3) is 4.53. The van der Waals surface area contributed by atoms with Crippen LogP contribution >= 0.6 is 11.3 Å². The Morgan fingerprint density at radius 2 is 2.05 bits per heavy atom. The van der Waals surface area contributed by atoms with Gasteiger partial charge in [-0.25, -0.2) is 9.97 Å². The summed E-state index contributed by atoms with van der Waals surface area (Å²) in [6.45, 7) is 7.22. The second-order valence-electron chi connectivity index (χ2n) is 4.80. The number of hydrogen-bond donors (Lipinski definition) is 2. The fourth-order valence-electron chi connectivity index (χ4n) is 1.97. The monoisotopic (exact) mass is 304 g/mol. The Balaban J connectivity index is 1.93. The highest BCUT2D eigenvalue weighted by Gasteiger charge is 2.08. The van der Waals surface area contributed by atoms with Gasteiger partial charge in [-0.15, -0.1) is 11.3 Å². The van der Waals surface area contributed by atoms with Crippen LogP contribution in [0.15, 0.2) is 17.5 Å². The average molecular weight is 304 g/mol. The summed E-state index contributed by atoms with van der Waals surface area (Å²) in [6, 6.07) is 3.57. The number of nitrogens with one attached hydrogen (secondary N) is 2. The number of amides is 1. The summed E-state index contributed by atoms with van der Waals surface area (Å²) >= 11 is 1.63. The van der Waals surface area contributed by atoms with Gasteiger partial charge in [-0.05, 0) is 32.9 Å². The van der Waals surface area contributed by atoms with Gasteiger partial charge in [0.1, 0.15) is 5.82 Å². The molecule has 0 aliphatic carbocycles. The highest BCUT2D eigenvalue weighted by molar-refractivity contribution is 7.09. The fraction of sp³-hybridized carbons (Fsp3) is 0.400. The molecule has 2 aromatic heterocycles. The van der Waals surface area contributed by atoms with Crippen molar-refractivity contribution in [1.29, 1.82) is 0 Å². The quantitative estimate of drug-likeness (QED) is 0.860. The molecular weight excluding hydrogens is 284 g/mol. The molecule has 0 aromatic carbocycles. The molecule has 112 valence electrons. The summed E-state index contributed by atoms with van der Waals surface area (Å²) in [5.74, 6) is 0.658. The number of aromatic nitrogens is 2. The van der Waals surface area contributed by atoms with Crippen molar-refractivity contribution in [2.45, 2.75) is 27.2 Å². The summed E-state index contributed by atoms with van der Waals surface area (Å²) in [7, 11) is 0. The van der Waals surface area contributed by atoms with Crippen molar-refractivity contribution < 1.29 is 4.79 Å². The SMILES string of the molecule is CCNc1cc(C(=O)NCCc2nc(C)cs2)cc(C)n1. The van der Waals surface area contributed by atoms with E-state index < -0.39 is 0 Å². The van der Waals surface area contributed by atoms with Gasteiger partial charge >= 0.3 is 0 Å². The largest absolute Gasteiger partial charge is 0.370 e. The summed E-state index contributed by atoms with van der Waals surface area (Å²) in [6.07, 6.45) is 0.758. The molecule has 0 unspecified atom stereocenters. The van der Waals surface area contributed by atoms with Gasteiger partial charge in [-0.2, -0.15) is 0 Å². The lowest BCUT2D eigenvalue weighted by atomic mass is 10.2. The Morgan fingerprint density at radius 3 is 2.71 bits per heavy atom. The first-order valence-corrected chi connectivity index (χ1v) is 7.88. The van der Waals surface area contributed by atoms with Gasteiger partial charge in [0, 0.05) is 41.8 Å². The van der Waals surface area contributed by atoms with E-state index in [0.29, 0.717) is 12.1 Å². The van der Waals surface area contributed by atoms with E-state index in [4.69, 9.17) is 0 Å². The number of aryl methyl sites for hydroxylation is 2. The van der Waals surface area contributed by atoms with E-state index in [1.54, 1.807) is 23.5 Å². The molecule has 0 aliphatic heterocycles. The zero-order chi connectivity index (χ0) is 15.2. The maximum absolute atomic E-state index is 12.2. The number of carbonyl (C=O) groups is 1. The molecule has 0 saturated heterocycles. The Labute approximate surface area is 128 Å². The number of thiazole rings is 1. The van der Waals surface area contributed by atoms with E-state index in [1.165, 1.54) is 0 Å². The van der Waals surface area contributed by atoms with E-state index >= 15 is 0 Å². The molecule has 2 heterocycles. The maximum atomic E-state index is 12.2. The van der Waals surface area contributed by atoms with Gasteiger partial charge in [0.25, 0.3) is 5.91 Å². The van der Waals surface area contributed by atoms with Crippen molar-refractivity contribution >= 4 is 23.1 Å². The molecule has 0 aliphatic rings. The molecule has 6 heteroatoms. The fourth-order valence-corrected chi connectivity index (χ4v) is 2.75. The Kier molecular flexibility index (Phi) is 5.27. The number of anilines is 1. The van der Waals surface area contributed by atoms with Gasteiger partial charge in [-0.1, -0.05) is 0 Å². The summed E-state index contributed by atoms with van der Waals surface area (Å²) < 4.78 is 0. The number of rotatable bonds is 6. The van der Waals surface area contributed by atoms with Gasteiger partial charge in [-0.3, -0.25) is 4.79 Å². The summed E-state index contributed by atoms with van der Waals surface area (Å²) in [4.78, 5) is 20.9. The molecule has 2 rings (SSSR count). The lowest BCUT2D eigenvalue weighted by molar-refractivity contribution is 0.0954. The molecule has 2 N–H and O–H groups in total. The summed E-state index contributed by atoms with van der Waals surface area (Å²) in [5, 5.41) is 9.12. The maximum Gasteiger partial charge on any atom is 0.251 e. The number of carbonyl (C=O) groups excluding carboxylic acids is 1. The van der Waals surface area contributed by atoms with Crippen molar-refractivity contribution in [3.05, 3.63) is 39.5 Å². The highest BCUT2D eigenvalue weighted by atomic mass is 32.1. The predicted octanol–water partition coefficient (Wildman–Crippen LogP) is 2.56. The van der Waals surface area contributed by atoms with Gasteiger partial charge < -0.3 is 10.6 Å². The molecule has 0 fully saturated rings. The van der Waals surface area contributed by atoms with Crippen LogP contribution in [0.4, 0.5) is 5.82 Å². The van der Waals surface area contributed by atoms with Crippen molar-refractivity contribution in [2.24, 2.45) is 0 Å². The van der Waals surface area contributed by atoms with Crippen molar-refractivity contribution in [3.63, 3.8) is 0 Å². The van der Waals surface area contributed by atoms with Crippen LogP contribution in [0.3, 0.4) is 0 Å². The molecule has 0 atom stereocenters. The van der Waals surface area contributed by atoms with Crippen LogP contribution in [0.1, 0.15) is 33.7 Å². The minimum atomic E-state index is -0.0760. The lowest BCUT2D eigenvalue weighted by Crippen LogP contribution is -2.26. The topological polar surface area (TPSA) is 66.9 Å². The number of hydrogen-bond acceptors (Lipinski definition) is 5. The Hall–Kier alpha value is -1.95. The lowest BCUT2D eigenvalue weighted by Gasteiger charge is -2.08. The standard InChI is InChI=1S/C15H20N4OS/c1-4-16-13-8-12(7-10(2)18-13)15(20)17-6-5-14-19-11(3)9-21-14/h7-9H,4-6H2,1-3H3,(H,16,18)(H,17,20). The highest BCUT2D eigenvalue weighted by Crippen LogP contribution is 2.11. The normalized spacial score (nSPS) is 10.4. The molecule has 0 radical (unpaired) electrons. The molecule has 0 bridgehead atoms. The number of nitrogens with zero attached hydrogens (tertiary/aromatic N) is 2. The first-order chi connectivity index (χ1) is 10.1. The molecular formula is C15H20N4OS. The Bertz CT molecular complexity index is 624. The van der Waals surface area contributed by atoms with E-state index in [9.17, 15) is 4.79 Å². The van der Waals surface area contributed by atoms with Crippen LogP contribution in [0.25, 0.3) is 0 Å². The van der Waals surface area contributed by atoms with E-state index in [-0.39, 0.29) is 5.91 Å². The smallest absolute Gasteiger partial charge is 0.251 e. The van der Waals surface area contributed by atoms with Crippen LogP contribution in [-0.2, 0) is 6.42 Å². The Morgan fingerprint density at radius 1 is 1.24 bits per heavy atom. The van der Waals surface area contributed by atoms with Gasteiger partial charge in [0.2, 0.25) is 0 Å². The van der Waals surface area contributed by atoms with E-state index in [1.807, 2.05) is 26.2 Å². The first kappa shape index (κ1) is 15.4. The molecule has 1 amide bonds. The van der Waals surface area contributed by atoms with Crippen molar-refractivity contribution in [3.8, 4) is 0 Å². The van der Waals surface area contributed by atoms with E-state index in [0.717, 1.165) is 35.2 Å². The predicted molar refractivity (Wildman–Crippen MR) is 86.0 cm³/mol.